The van der Waals surface area contributed by atoms with Crippen LogP contribution in [-0.2, 0) is 6.54 Å². The van der Waals surface area contributed by atoms with Crippen molar-refractivity contribution >= 4 is 10.8 Å². The Bertz CT molecular complexity index is 1030. The van der Waals surface area contributed by atoms with Crippen LogP contribution in [0.1, 0.15) is 29.5 Å². The number of rotatable bonds is 4. The van der Waals surface area contributed by atoms with Crippen LogP contribution in [0, 0.1) is 19.7 Å². The lowest BCUT2D eigenvalue weighted by atomic mass is 10.1. The maximum Gasteiger partial charge on any atom is 0.255 e. The van der Waals surface area contributed by atoms with E-state index in [1.54, 1.807) is 25.3 Å². The molecule has 28 heavy (non-hydrogen) atoms. The number of nitrogens with zero attached hydrogens (tertiary/aromatic N) is 1. The molecule has 0 aliphatic carbocycles. The minimum Gasteiger partial charge on any atom is -0.487 e. The molecule has 5 heteroatoms. The lowest BCUT2D eigenvalue weighted by Crippen LogP contribution is -2.37. The van der Waals surface area contributed by atoms with E-state index in [4.69, 9.17) is 4.74 Å². The molecule has 1 N–H and O–H groups in total. The fourth-order valence-corrected chi connectivity index (χ4v) is 3.86. The van der Waals surface area contributed by atoms with Crippen molar-refractivity contribution in [2.45, 2.75) is 39.3 Å². The van der Waals surface area contributed by atoms with Gasteiger partial charge in [0, 0.05) is 31.2 Å². The summed E-state index contributed by atoms with van der Waals surface area (Å²) in [5.41, 5.74) is 3.00. The molecule has 1 saturated heterocycles. The predicted molar refractivity (Wildman–Crippen MR) is 109 cm³/mol. The normalized spacial score (nSPS) is 15.8. The van der Waals surface area contributed by atoms with Gasteiger partial charge in [0.25, 0.3) is 5.56 Å². The Kier molecular flexibility index (Phi) is 5.18. The van der Waals surface area contributed by atoms with Crippen LogP contribution < -0.4 is 10.3 Å². The number of ether oxygens (including phenoxy) is 1. The van der Waals surface area contributed by atoms with E-state index in [1.165, 1.54) is 11.1 Å². The third-order valence-electron chi connectivity index (χ3n) is 5.52. The minimum absolute atomic E-state index is 0.0106. The molecule has 1 fully saturated rings. The summed E-state index contributed by atoms with van der Waals surface area (Å²) in [5.74, 6) is -0.207. The number of pyridine rings is 1. The quantitative estimate of drug-likeness (QED) is 0.733. The number of aryl methyl sites for hydroxylation is 2. The van der Waals surface area contributed by atoms with Gasteiger partial charge >= 0.3 is 0 Å². The van der Waals surface area contributed by atoms with Crippen molar-refractivity contribution < 1.29 is 9.13 Å². The van der Waals surface area contributed by atoms with E-state index >= 15 is 0 Å². The van der Waals surface area contributed by atoms with Gasteiger partial charge in [-0.05, 0) is 49.9 Å². The Morgan fingerprint density at radius 3 is 2.54 bits per heavy atom. The van der Waals surface area contributed by atoms with Gasteiger partial charge in [-0.3, -0.25) is 9.69 Å². The number of nitrogens with one attached hydrogen (secondary N) is 1. The fourth-order valence-electron chi connectivity index (χ4n) is 3.86. The van der Waals surface area contributed by atoms with Crippen molar-refractivity contribution in [3.8, 4) is 5.75 Å². The molecule has 0 spiro atoms. The van der Waals surface area contributed by atoms with Gasteiger partial charge in [-0.2, -0.15) is 0 Å². The van der Waals surface area contributed by atoms with E-state index < -0.39 is 5.82 Å². The molecule has 1 aromatic heterocycles. The molecule has 0 unspecified atom stereocenters. The first-order valence-electron chi connectivity index (χ1n) is 9.76. The molecule has 0 bridgehead atoms. The summed E-state index contributed by atoms with van der Waals surface area (Å²) in [6, 6.07) is 11.8. The largest absolute Gasteiger partial charge is 0.487 e. The first-order valence-corrected chi connectivity index (χ1v) is 9.76. The number of aromatic amines is 1. The lowest BCUT2D eigenvalue weighted by Gasteiger charge is -2.32. The van der Waals surface area contributed by atoms with Crippen LogP contribution in [0.2, 0.25) is 0 Å². The molecular weight excluding hydrogens is 355 g/mol. The zero-order valence-corrected chi connectivity index (χ0v) is 16.3. The number of piperidine rings is 1. The molecule has 1 aliphatic rings. The molecule has 3 aromatic rings. The Morgan fingerprint density at radius 2 is 1.82 bits per heavy atom. The summed E-state index contributed by atoms with van der Waals surface area (Å²) in [7, 11) is 0. The van der Waals surface area contributed by atoms with Crippen molar-refractivity contribution in [2.75, 3.05) is 13.1 Å². The van der Waals surface area contributed by atoms with E-state index in [-0.39, 0.29) is 17.4 Å². The third-order valence-corrected chi connectivity index (χ3v) is 5.52. The predicted octanol–water partition coefficient (Wildman–Crippen LogP) is 4.33. The number of benzene rings is 2. The Morgan fingerprint density at radius 1 is 1.11 bits per heavy atom. The number of hydrogen-bond acceptors (Lipinski definition) is 3. The molecule has 0 radical (unpaired) electrons. The van der Waals surface area contributed by atoms with E-state index in [0.29, 0.717) is 16.3 Å². The van der Waals surface area contributed by atoms with Crippen LogP contribution in [-0.4, -0.2) is 29.1 Å². The smallest absolute Gasteiger partial charge is 0.255 e. The maximum atomic E-state index is 15.0. The first-order chi connectivity index (χ1) is 13.5. The number of H-pyrrole nitrogens is 1. The number of aromatic nitrogens is 1. The van der Waals surface area contributed by atoms with Gasteiger partial charge in [0.15, 0.2) is 11.6 Å². The molecule has 0 saturated carbocycles. The Labute approximate surface area is 164 Å². The molecule has 4 rings (SSSR count). The van der Waals surface area contributed by atoms with E-state index in [9.17, 15) is 9.18 Å². The molecule has 4 nitrogen and oxygen atoms in total. The average molecular weight is 380 g/mol. The van der Waals surface area contributed by atoms with Gasteiger partial charge in [-0.1, -0.05) is 29.8 Å². The third kappa shape index (κ3) is 3.80. The van der Waals surface area contributed by atoms with Crippen molar-refractivity contribution in [1.29, 1.82) is 0 Å². The van der Waals surface area contributed by atoms with Crippen LogP contribution in [0.4, 0.5) is 4.39 Å². The van der Waals surface area contributed by atoms with Gasteiger partial charge < -0.3 is 9.72 Å². The first kappa shape index (κ1) is 18.7. The summed E-state index contributed by atoms with van der Waals surface area (Å²) >= 11 is 0. The SMILES string of the molecule is Cc1ccc(CN2CCC(Oc3ccc4c(=O)[nH]cc(C)c4c3F)CC2)cc1. The Hall–Kier alpha value is -2.66. The minimum atomic E-state index is -0.441. The highest BCUT2D eigenvalue weighted by Crippen LogP contribution is 2.29. The van der Waals surface area contributed by atoms with Gasteiger partial charge in [0.1, 0.15) is 6.10 Å². The van der Waals surface area contributed by atoms with E-state index in [1.807, 2.05) is 0 Å². The van der Waals surface area contributed by atoms with Crippen LogP contribution in [0.25, 0.3) is 10.8 Å². The van der Waals surface area contributed by atoms with Gasteiger partial charge in [-0.25, -0.2) is 4.39 Å². The maximum absolute atomic E-state index is 15.0. The summed E-state index contributed by atoms with van der Waals surface area (Å²) in [5, 5.41) is 0.704. The number of halogens is 1. The zero-order chi connectivity index (χ0) is 19.7. The molecular formula is C23H25FN2O2. The summed E-state index contributed by atoms with van der Waals surface area (Å²) in [4.78, 5) is 17.0. The molecule has 2 aromatic carbocycles. The number of fused-ring (bicyclic) bond motifs is 1. The topological polar surface area (TPSA) is 45.3 Å². The molecule has 1 aliphatic heterocycles. The monoisotopic (exact) mass is 380 g/mol. The lowest BCUT2D eigenvalue weighted by molar-refractivity contribution is 0.0938. The highest BCUT2D eigenvalue weighted by Gasteiger charge is 2.22. The van der Waals surface area contributed by atoms with Crippen molar-refractivity contribution in [2.24, 2.45) is 0 Å². The number of hydrogen-bond donors (Lipinski definition) is 1. The number of likely N-dealkylation sites (tertiary alicyclic amines) is 1. The second-order valence-corrected chi connectivity index (χ2v) is 7.68. The average Bonchev–Trinajstić information content (AvgIpc) is 2.70. The van der Waals surface area contributed by atoms with Crippen LogP contribution in [0.3, 0.4) is 0 Å². The summed E-state index contributed by atoms with van der Waals surface area (Å²) in [6.07, 6.45) is 3.25. The van der Waals surface area contributed by atoms with Crippen LogP contribution >= 0.6 is 0 Å². The summed E-state index contributed by atoms with van der Waals surface area (Å²) in [6.45, 7) is 6.66. The second-order valence-electron chi connectivity index (χ2n) is 7.68. The molecule has 146 valence electrons. The van der Waals surface area contributed by atoms with Crippen molar-refractivity contribution in [3.63, 3.8) is 0 Å². The zero-order valence-electron chi connectivity index (χ0n) is 16.3. The second kappa shape index (κ2) is 7.76. The van der Waals surface area contributed by atoms with Gasteiger partial charge in [0.05, 0.1) is 5.39 Å². The fraction of sp³-hybridized carbons (Fsp3) is 0.348. The van der Waals surface area contributed by atoms with Crippen LogP contribution in [0.5, 0.6) is 5.75 Å². The van der Waals surface area contributed by atoms with Gasteiger partial charge in [0.2, 0.25) is 0 Å². The van der Waals surface area contributed by atoms with E-state index in [2.05, 4.69) is 41.1 Å². The molecule has 0 atom stereocenters. The highest BCUT2D eigenvalue weighted by atomic mass is 19.1. The molecule has 0 amide bonds. The standard InChI is InChI=1S/C23H25FN2O2/c1-15-3-5-17(6-4-15)14-26-11-9-18(10-12-26)28-20-8-7-19-21(22(20)24)16(2)13-25-23(19)27/h3-8,13,18H,9-12,14H2,1-2H3,(H,25,27). The summed E-state index contributed by atoms with van der Waals surface area (Å²) < 4.78 is 21.0. The van der Waals surface area contributed by atoms with Gasteiger partial charge in [-0.15, -0.1) is 0 Å². The van der Waals surface area contributed by atoms with Crippen molar-refractivity contribution in [1.82, 2.24) is 9.88 Å². The van der Waals surface area contributed by atoms with Crippen LogP contribution in [0.15, 0.2) is 47.4 Å². The van der Waals surface area contributed by atoms with Crippen molar-refractivity contribution in [3.05, 3.63) is 75.5 Å². The van der Waals surface area contributed by atoms with E-state index in [0.717, 1.165) is 32.5 Å². The Balaban J connectivity index is 1.42. The molecule has 2 heterocycles. The highest BCUT2D eigenvalue weighted by molar-refractivity contribution is 5.86.